The number of esters is 2. The monoisotopic (exact) mass is 847 g/mol. The van der Waals surface area contributed by atoms with E-state index in [1.807, 2.05) is 57.6 Å². The predicted molar refractivity (Wildman–Crippen MR) is 256 cm³/mol. The highest BCUT2D eigenvalue weighted by atomic mass is 16.6. The first-order chi connectivity index (χ1) is 29.6. The number of quaternary nitrogens is 1. The van der Waals surface area contributed by atoms with Crippen molar-refractivity contribution in [3.05, 3.63) is 122 Å². The molecule has 0 aliphatic rings. The van der Waals surface area contributed by atoms with Gasteiger partial charge in [-0.05, 0) is 77.0 Å². The number of aliphatic carboxylic acids is 1. The molecular weight excluding hydrogens is 763 g/mol. The van der Waals surface area contributed by atoms with E-state index >= 15 is 0 Å². The number of nitrogens with zero attached hydrogens (tertiary/aromatic N) is 1. The number of carbonyl (C=O) groups is 3. The summed E-state index contributed by atoms with van der Waals surface area (Å²) >= 11 is 0. The van der Waals surface area contributed by atoms with Crippen LogP contribution in [0.5, 0.6) is 0 Å². The maximum atomic E-state index is 12.8. The minimum absolute atomic E-state index is 0.0303. The molecule has 2 unspecified atom stereocenters. The molecule has 0 saturated heterocycles. The Kier molecular flexibility index (Phi) is 39.5. The third kappa shape index (κ3) is 40.9. The molecule has 0 aromatic rings. The average molecular weight is 847 g/mol. The van der Waals surface area contributed by atoms with Gasteiger partial charge in [0, 0.05) is 19.3 Å². The average Bonchev–Trinajstić information content (AvgIpc) is 3.22. The van der Waals surface area contributed by atoms with Crippen LogP contribution in [-0.4, -0.2) is 80.6 Å². The van der Waals surface area contributed by atoms with Gasteiger partial charge in [-0.1, -0.05) is 167 Å². The molecule has 342 valence electrons. The van der Waals surface area contributed by atoms with E-state index in [2.05, 4.69) is 98.9 Å². The van der Waals surface area contributed by atoms with E-state index in [1.54, 1.807) is 0 Å². The summed E-state index contributed by atoms with van der Waals surface area (Å²) in [5, 5.41) is 9.63. The second-order valence-electron chi connectivity index (χ2n) is 16.0. The van der Waals surface area contributed by atoms with E-state index in [0.717, 1.165) is 103 Å². The van der Waals surface area contributed by atoms with E-state index in [0.29, 0.717) is 12.8 Å². The number of hydrogen-bond acceptors (Lipinski definition) is 6. The molecule has 0 amide bonds. The molecule has 0 bridgehead atoms. The molecule has 61 heavy (non-hydrogen) atoms. The van der Waals surface area contributed by atoms with Crippen molar-refractivity contribution < 1.29 is 38.2 Å². The van der Waals surface area contributed by atoms with Crippen LogP contribution < -0.4 is 0 Å². The van der Waals surface area contributed by atoms with Crippen molar-refractivity contribution in [1.29, 1.82) is 0 Å². The van der Waals surface area contributed by atoms with E-state index in [1.165, 1.54) is 6.42 Å². The Morgan fingerprint density at radius 1 is 0.525 bits per heavy atom. The van der Waals surface area contributed by atoms with E-state index in [9.17, 15) is 19.5 Å². The lowest BCUT2D eigenvalue weighted by atomic mass is 10.1. The number of ether oxygens (including phenoxy) is 3. The highest BCUT2D eigenvalue weighted by molar-refractivity contribution is 5.72. The lowest BCUT2D eigenvalue weighted by Crippen LogP contribution is -2.50. The topological polar surface area (TPSA) is 99.1 Å². The lowest BCUT2D eigenvalue weighted by molar-refractivity contribution is -0.887. The first-order valence-corrected chi connectivity index (χ1v) is 23.1. The Morgan fingerprint density at radius 2 is 0.984 bits per heavy atom. The summed E-state index contributed by atoms with van der Waals surface area (Å²) in [5.41, 5.74) is 0. The molecule has 0 heterocycles. The Balaban J connectivity index is 4.48. The lowest BCUT2D eigenvalue weighted by Gasteiger charge is -2.31. The zero-order chi connectivity index (χ0) is 44.9. The SMILES string of the molecule is CC/C=C/C/C=C/C/C=C/C/C=C/C/C=C/CCCCCC(=O)OCC(COCCC(C(=O)O)[N+](C)(C)C)OC(=O)CCCCCCC/C=C/C=C/C=C/C=C/C=C/CCC. The third-order valence-corrected chi connectivity index (χ3v) is 9.45. The molecule has 0 fully saturated rings. The van der Waals surface area contributed by atoms with Crippen molar-refractivity contribution in [2.45, 2.75) is 154 Å². The van der Waals surface area contributed by atoms with Crippen molar-refractivity contribution in [2.75, 3.05) is 41.0 Å². The molecule has 2 atom stereocenters. The number of carboxylic acid groups (broad SMARTS) is 1. The van der Waals surface area contributed by atoms with E-state index in [-0.39, 0.29) is 42.7 Å². The van der Waals surface area contributed by atoms with Gasteiger partial charge < -0.3 is 23.8 Å². The Morgan fingerprint density at radius 3 is 1.52 bits per heavy atom. The van der Waals surface area contributed by atoms with Crippen molar-refractivity contribution in [1.82, 2.24) is 0 Å². The van der Waals surface area contributed by atoms with Gasteiger partial charge in [-0.3, -0.25) is 9.59 Å². The van der Waals surface area contributed by atoms with Gasteiger partial charge in [0.05, 0.1) is 34.4 Å². The van der Waals surface area contributed by atoms with Crippen LogP contribution >= 0.6 is 0 Å². The van der Waals surface area contributed by atoms with Crippen molar-refractivity contribution in [2.24, 2.45) is 0 Å². The second kappa shape index (κ2) is 42.4. The van der Waals surface area contributed by atoms with E-state index < -0.39 is 18.1 Å². The minimum Gasteiger partial charge on any atom is -0.477 e. The molecule has 8 nitrogen and oxygen atoms in total. The molecule has 0 saturated carbocycles. The maximum absolute atomic E-state index is 12.8. The molecule has 0 aromatic carbocycles. The molecule has 0 aliphatic carbocycles. The Hall–Kier alpha value is -4.27. The summed E-state index contributed by atoms with van der Waals surface area (Å²) in [7, 11) is 5.49. The van der Waals surface area contributed by atoms with Gasteiger partial charge >= 0.3 is 17.9 Å². The Bertz CT molecular complexity index is 1400. The van der Waals surface area contributed by atoms with Crippen LogP contribution in [-0.2, 0) is 28.6 Å². The minimum atomic E-state index is -0.891. The first-order valence-electron chi connectivity index (χ1n) is 23.1. The summed E-state index contributed by atoms with van der Waals surface area (Å²) in [6.45, 7) is 4.44. The van der Waals surface area contributed by atoms with Gasteiger partial charge in [0.15, 0.2) is 12.1 Å². The number of hydrogen-bond donors (Lipinski definition) is 1. The Labute approximate surface area is 371 Å². The first kappa shape index (κ1) is 56.7. The summed E-state index contributed by atoms with van der Waals surface area (Å²) in [4.78, 5) is 37.1. The van der Waals surface area contributed by atoms with Crippen LogP contribution in [0.2, 0.25) is 0 Å². The standard InChI is InChI=1S/C53H83NO7/c1-6-8-10-12-14-16-18-20-22-24-26-28-29-31-33-35-37-39-41-43-51(55)60-48-49(47-59-46-45-50(53(57)58)54(3,4)5)61-52(56)44-42-40-38-36-34-32-30-27-25-23-21-19-17-15-13-11-9-7-2/h8,10-11,13-17,19-23,25-28,30-31,33,49-50H,6-7,9,12,18,24,29,32,34-48H2,1-5H3/p+1/b10-8+,13-11+,16-14+,17-15+,21-19+,22-20+,25-23+,28-26+,30-27+,33-31+. The number of likely N-dealkylation sites (N-methyl/N-ethyl adjacent to an activating group) is 1. The normalized spacial score (nSPS) is 14.0. The smallest absolute Gasteiger partial charge is 0.362 e. The van der Waals surface area contributed by atoms with Crippen LogP contribution in [0.25, 0.3) is 0 Å². The summed E-state index contributed by atoms with van der Waals surface area (Å²) in [6.07, 6.45) is 59.5. The molecule has 0 radical (unpaired) electrons. The molecule has 0 spiro atoms. The number of unbranched alkanes of at least 4 members (excludes halogenated alkanes) is 9. The zero-order valence-electron chi connectivity index (χ0n) is 38.8. The predicted octanol–water partition coefficient (Wildman–Crippen LogP) is 13.0. The highest BCUT2D eigenvalue weighted by Crippen LogP contribution is 2.12. The number of carboxylic acids is 1. The summed E-state index contributed by atoms with van der Waals surface area (Å²) < 4.78 is 17.2. The number of carbonyl (C=O) groups excluding carboxylic acids is 2. The fraction of sp³-hybridized carbons (Fsp3) is 0.566. The molecule has 1 N–H and O–H groups in total. The van der Waals surface area contributed by atoms with Crippen molar-refractivity contribution >= 4 is 17.9 Å². The van der Waals surface area contributed by atoms with Crippen LogP contribution in [0.4, 0.5) is 0 Å². The zero-order valence-corrected chi connectivity index (χ0v) is 38.8. The number of rotatable bonds is 39. The van der Waals surface area contributed by atoms with Crippen LogP contribution in [0.1, 0.15) is 142 Å². The fourth-order valence-corrected chi connectivity index (χ4v) is 5.91. The van der Waals surface area contributed by atoms with Gasteiger partial charge in [-0.25, -0.2) is 4.79 Å². The van der Waals surface area contributed by atoms with Gasteiger partial charge in [0.2, 0.25) is 0 Å². The van der Waals surface area contributed by atoms with Crippen LogP contribution in [0, 0.1) is 0 Å². The van der Waals surface area contributed by atoms with Crippen LogP contribution in [0.15, 0.2) is 122 Å². The van der Waals surface area contributed by atoms with Gasteiger partial charge in [0.25, 0.3) is 0 Å². The van der Waals surface area contributed by atoms with Crippen LogP contribution in [0.3, 0.4) is 0 Å². The largest absolute Gasteiger partial charge is 0.477 e. The van der Waals surface area contributed by atoms with Crippen molar-refractivity contribution in [3.63, 3.8) is 0 Å². The fourth-order valence-electron chi connectivity index (χ4n) is 5.91. The maximum Gasteiger partial charge on any atom is 0.362 e. The van der Waals surface area contributed by atoms with Gasteiger partial charge in [-0.2, -0.15) is 0 Å². The number of allylic oxidation sites excluding steroid dienone is 20. The molecule has 8 heteroatoms. The van der Waals surface area contributed by atoms with Gasteiger partial charge in [0.1, 0.15) is 6.61 Å². The summed E-state index contributed by atoms with van der Waals surface area (Å²) in [5.74, 6) is -1.56. The molecular formula is C53H84NO7+. The molecule has 0 aromatic heterocycles. The third-order valence-electron chi connectivity index (χ3n) is 9.45. The second-order valence-corrected chi connectivity index (χ2v) is 16.0. The van der Waals surface area contributed by atoms with Gasteiger partial charge in [-0.15, -0.1) is 0 Å². The van der Waals surface area contributed by atoms with E-state index in [4.69, 9.17) is 14.2 Å². The highest BCUT2D eigenvalue weighted by Gasteiger charge is 2.31. The quantitative estimate of drug-likeness (QED) is 0.0216. The summed E-state index contributed by atoms with van der Waals surface area (Å²) in [6, 6.07) is -0.634. The molecule has 0 aliphatic heterocycles. The van der Waals surface area contributed by atoms with Crippen molar-refractivity contribution in [3.8, 4) is 0 Å². The molecule has 0 rings (SSSR count).